The van der Waals surface area contributed by atoms with Crippen molar-refractivity contribution < 1.29 is 23.9 Å². The Balaban J connectivity index is 1.73. The van der Waals surface area contributed by atoms with Crippen molar-refractivity contribution in [1.82, 2.24) is 19.7 Å². The van der Waals surface area contributed by atoms with Gasteiger partial charge in [-0.2, -0.15) is 0 Å². The summed E-state index contributed by atoms with van der Waals surface area (Å²) in [6.45, 7) is 6.03. The summed E-state index contributed by atoms with van der Waals surface area (Å²) >= 11 is 8.29. The summed E-state index contributed by atoms with van der Waals surface area (Å²) < 4.78 is 12.7. The highest BCUT2D eigenvalue weighted by Crippen LogP contribution is 2.34. The largest absolute Gasteiger partial charge is 0.483 e. The van der Waals surface area contributed by atoms with Crippen molar-refractivity contribution in [2.24, 2.45) is 0 Å². The number of amides is 2. The minimum absolute atomic E-state index is 0.0101. The van der Waals surface area contributed by atoms with Gasteiger partial charge in [-0.1, -0.05) is 29.4 Å². The average molecular weight is 566 g/mol. The minimum atomic E-state index is -0.626. The van der Waals surface area contributed by atoms with E-state index in [0.717, 1.165) is 11.3 Å². The summed E-state index contributed by atoms with van der Waals surface area (Å²) in [7, 11) is 4.49. The van der Waals surface area contributed by atoms with Crippen molar-refractivity contribution >= 4 is 57.5 Å². The van der Waals surface area contributed by atoms with Gasteiger partial charge in [-0.3, -0.25) is 9.59 Å². The molecule has 0 bridgehead atoms. The van der Waals surface area contributed by atoms with E-state index in [4.69, 9.17) is 21.1 Å². The second-order valence-corrected chi connectivity index (χ2v) is 10.5. The molecular weight excluding hydrogens is 538 g/mol. The predicted molar refractivity (Wildman–Crippen MR) is 144 cm³/mol. The average Bonchev–Trinajstić information content (AvgIpc) is 3.42. The summed E-state index contributed by atoms with van der Waals surface area (Å²) in [6.07, 6.45) is -0.404. The molecule has 10 nitrogen and oxygen atoms in total. The zero-order chi connectivity index (χ0) is 27.3. The first kappa shape index (κ1) is 28.5. The van der Waals surface area contributed by atoms with E-state index in [1.54, 1.807) is 45.3 Å². The minimum Gasteiger partial charge on any atom is -0.483 e. The van der Waals surface area contributed by atoms with E-state index in [1.165, 1.54) is 23.8 Å². The number of thioether (sulfide) groups is 1. The third-order valence-corrected chi connectivity index (χ3v) is 7.65. The molecule has 0 aliphatic rings. The maximum Gasteiger partial charge on any atom is 0.341 e. The van der Waals surface area contributed by atoms with Crippen LogP contribution < -0.4 is 10.1 Å². The summed E-state index contributed by atoms with van der Waals surface area (Å²) in [6, 6.07) is 7.09. The summed E-state index contributed by atoms with van der Waals surface area (Å²) in [5.41, 5.74) is 0.629. The van der Waals surface area contributed by atoms with E-state index < -0.39 is 12.1 Å². The number of methoxy groups -OCH3 is 1. The fourth-order valence-electron chi connectivity index (χ4n) is 3.45. The van der Waals surface area contributed by atoms with Crippen LogP contribution in [0.1, 0.15) is 51.4 Å². The Bertz CT molecular complexity index is 1310. The van der Waals surface area contributed by atoms with Crippen molar-refractivity contribution in [1.29, 1.82) is 0 Å². The lowest BCUT2D eigenvalue weighted by Crippen LogP contribution is -2.21. The van der Waals surface area contributed by atoms with E-state index in [0.29, 0.717) is 38.7 Å². The molecule has 0 fully saturated rings. The number of esters is 1. The molecule has 0 aliphatic heterocycles. The number of benzene rings is 1. The number of nitrogens with zero attached hydrogens (tertiary/aromatic N) is 4. The summed E-state index contributed by atoms with van der Waals surface area (Å²) in [5.74, 6) is -0.0246. The van der Waals surface area contributed by atoms with Crippen LogP contribution >= 0.6 is 34.7 Å². The summed E-state index contributed by atoms with van der Waals surface area (Å²) in [4.78, 5) is 39.5. The van der Waals surface area contributed by atoms with Crippen molar-refractivity contribution in [3.05, 3.63) is 51.1 Å². The lowest BCUT2D eigenvalue weighted by Gasteiger charge is -2.15. The number of halogens is 1. The number of carbonyl (C=O) groups excluding carboxylic acids is 3. The quantitative estimate of drug-likeness (QED) is 0.278. The Morgan fingerprint density at radius 3 is 2.62 bits per heavy atom. The number of nitrogens with one attached hydrogen (secondary N) is 1. The molecule has 0 aliphatic carbocycles. The number of rotatable bonds is 10. The molecule has 2 heterocycles. The van der Waals surface area contributed by atoms with E-state index in [2.05, 4.69) is 15.5 Å². The van der Waals surface area contributed by atoms with Gasteiger partial charge in [0.1, 0.15) is 10.8 Å². The van der Waals surface area contributed by atoms with Crippen molar-refractivity contribution in [2.45, 2.75) is 38.6 Å². The Morgan fingerprint density at radius 1 is 1.27 bits per heavy atom. The topological polar surface area (TPSA) is 116 Å². The normalized spacial score (nSPS) is 11.6. The fourth-order valence-corrected chi connectivity index (χ4v) is 5.67. The number of anilines is 1. The van der Waals surface area contributed by atoms with Crippen LogP contribution in [0.15, 0.2) is 29.4 Å². The standard InChI is InChI=1S/C24H28ClN5O5S2/c1-7-30-20(14(3)35-16-10-8-9-15(25)11-16)27-28-24(30)36-12-17(31)26-21-18(23(33)34-6)13(2)19(37-21)22(32)29(4)5/h8-11,14H,7,12H2,1-6H3,(H,26,31). The van der Waals surface area contributed by atoms with Crippen molar-refractivity contribution in [3.63, 3.8) is 0 Å². The predicted octanol–water partition coefficient (Wildman–Crippen LogP) is 4.68. The van der Waals surface area contributed by atoms with Crippen molar-refractivity contribution in [3.8, 4) is 5.75 Å². The van der Waals surface area contributed by atoms with Crippen molar-refractivity contribution in [2.75, 3.05) is 32.3 Å². The second kappa shape index (κ2) is 12.4. The van der Waals surface area contributed by atoms with Crippen LogP contribution in [0.3, 0.4) is 0 Å². The monoisotopic (exact) mass is 565 g/mol. The van der Waals surface area contributed by atoms with Crippen LogP contribution in [0.5, 0.6) is 5.75 Å². The van der Waals surface area contributed by atoms with Crippen LogP contribution in [0.4, 0.5) is 5.00 Å². The molecule has 1 aromatic carbocycles. The second-order valence-electron chi connectivity index (χ2n) is 8.09. The van der Waals surface area contributed by atoms with Gasteiger partial charge >= 0.3 is 5.97 Å². The molecule has 2 aromatic heterocycles. The Morgan fingerprint density at radius 2 is 2.00 bits per heavy atom. The smallest absolute Gasteiger partial charge is 0.341 e. The number of carbonyl (C=O) groups is 3. The molecule has 0 saturated carbocycles. The van der Waals surface area contributed by atoms with Gasteiger partial charge in [0.15, 0.2) is 17.1 Å². The Kier molecular flexibility index (Phi) is 9.57. The summed E-state index contributed by atoms with van der Waals surface area (Å²) in [5, 5.41) is 12.6. The third kappa shape index (κ3) is 6.62. The fraction of sp³-hybridized carbons (Fsp3) is 0.375. The van der Waals surface area contributed by atoms with E-state index in [-0.39, 0.29) is 28.1 Å². The Hall–Kier alpha value is -3.09. The lowest BCUT2D eigenvalue weighted by atomic mass is 10.1. The molecule has 0 spiro atoms. The maximum atomic E-state index is 12.8. The van der Waals surface area contributed by atoms with Gasteiger partial charge in [0.2, 0.25) is 5.91 Å². The van der Waals surface area contributed by atoms with Crippen LogP contribution in [0, 0.1) is 6.92 Å². The zero-order valence-electron chi connectivity index (χ0n) is 21.3. The van der Waals surface area contributed by atoms with E-state index >= 15 is 0 Å². The maximum absolute atomic E-state index is 12.8. The van der Waals surface area contributed by atoms with Crippen LogP contribution in [0.25, 0.3) is 0 Å². The van der Waals surface area contributed by atoms with Gasteiger partial charge in [-0.25, -0.2) is 4.79 Å². The van der Waals surface area contributed by atoms with Gasteiger partial charge in [0.25, 0.3) is 5.91 Å². The Labute approximate surface area is 228 Å². The molecule has 2 amide bonds. The number of hydrogen-bond acceptors (Lipinski definition) is 9. The molecule has 37 heavy (non-hydrogen) atoms. The highest BCUT2D eigenvalue weighted by molar-refractivity contribution is 7.99. The number of hydrogen-bond donors (Lipinski definition) is 1. The molecule has 1 unspecified atom stereocenters. The van der Waals surface area contributed by atoms with Gasteiger partial charge in [0, 0.05) is 25.7 Å². The zero-order valence-corrected chi connectivity index (χ0v) is 23.7. The molecule has 3 rings (SSSR count). The lowest BCUT2D eigenvalue weighted by molar-refractivity contribution is -0.113. The molecule has 0 saturated heterocycles. The first-order chi connectivity index (χ1) is 17.6. The van der Waals surface area contributed by atoms with Crippen LogP contribution in [0.2, 0.25) is 5.02 Å². The number of aromatic nitrogens is 3. The number of ether oxygens (including phenoxy) is 2. The molecule has 13 heteroatoms. The van der Waals surface area contributed by atoms with Crippen LogP contribution in [-0.2, 0) is 16.1 Å². The van der Waals surface area contributed by atoms with Gasteiger partial charge in [-0.15, -0.1) is 21.5 Å². The molecule has 198 valence electrons. The van der Waals surface area contributed by atoms with Gasteiger partial charge in [0.05, 0.1) is 23.3 Å². The molecule has 1 N–H and O–H groups in total. The van der Waals surface area contributed by atoms with Crippen LogP contribution in [-0.4, -0.2) is 64.4 Å². The molecule has 1 atom stereocenters. The van der Waals surface area contributed by atoms with Gasteiger partial charge in [-0.05, 0) is 44.5 Å². The van der Waals surface area contributed by atoms with Gasteiger partial charge < -0.3 is 24.3 Å². The highest BCUT2D eigenvalue weighted by atomic mass is 35.5. The first-order valence-electron chi connectivity index (χ1n) is 11.3. The SMILES string of the molecule is CCn1c(SCC(=O)Nc2sc(C(=O)N(C)C)c(C)c2C(=O)OC)nnc1C(C)Oc1cccc(Cl)c1. The molecular formula is C24H28ClN5O5S2. The molecule has 3 aromatic rings. The first-order valence-corrected chi connectivity index (χ1v) is 13.5. The van der Waals surface area contributed by atoms with E-state index in [9.17, 15) is 14.4 Å². The van der Waals surface area contributed by atoms with E-state index in [1.807, 2.05) is 18.4 Å². The number of thiophene rings is 1. The highest BCUT2D eigenvalue weighted by Gasteiger charge is 2.27. The molecule has 0 radical (unpaired) electrons. The third-order valence-electron chi connectivity index (χ3n) is 5.26.